The zero-order chi connectivity index (χ0) is 27.3. The molecule has 1 aliphatic heterocycles. The number of hydrogen-bond acceptors (Lipinski definition) is 4. The molecule has 2 aliphatic carbocycles. The number of carbonyl (C=O) groups is 1. The number of carbonyl (C=O) groups excluding carboxylic acids is 1. The molecule has 2 amide bonds. The zero-order valence-electron chi connectivity index (χ0n) is 20.2. The van der Waals surface area contributed by atoms with Crippen molar-refractivity contribution in [1.82, 2.24) is 29.9 Å². The van der Waals surface area contributed by atoms with Gasteiger partial charge in [0.25, 0.3) is 11.5 Å². The number of piperidine rings is 1. The summed E-state index contributed by atoms with van der Waals surface area (Å²) in [6.07, 6.45) is 2.70. The molecule has 1 saturated heterocycles. The summed E-state index contributed by atoms with van der Waals surface area (Å²) in [6, 6.07) is 0.570. The molecule has 1 spiro atoms. The number of urea groups is 1. The highest BCUT2D eigenvalue weighted by molar-refractivity contribution is 6.42. The fraction of sp³-hybridized carbons (Fsp3) is 0.545. The van der Waals surface area contributed by atoms with Crippen molar-refractivity contribution in [2.24, 2.45) is 5.92 Å². The summed E-state index contributed by atoms with van der Waals surface area (Å²) in [5.41, 5.74) is -0.557. The van der Waals surface area contributed by atoms with Gasteiger partial charge in [0, 0.05) is 23.5 Å². The highest BCUT2D eigenvalue weighted by Gasteiger charge is 2.65. The number of H-pyrrole nitrogens is 2. The van der Waals surface area contributed by atoms with E-state index in [1.54, 1.807) is 0 Å². The number of halogens is 3. The van der Waals surface area contributed by atoms with Gasteiger partial charge in [0.1, 0.15) is 11.9 Å². The number of amides is 2. The molecule has 188 valence electrons. The molecule has 2 atom stereocenters. The van der Waals surface area contributed by atoms with Gasteiger partial charge >= 0.3 is 6.03 Å². The second-order valence-corrected chi connectivity index (χ2v) is 10.6. The lowest BCUT2D eigenvalue weighted by atomic mass is 9.49. The second kappa shape index (κ2) is 7.98. The fourth-order valence-electron chi connectivity index (χ4n) is 5.62. The van der Waals surface area contributed by atoms with Crippen LogP contribution in [0, 0.1) is 5.92 Å². The summed E-state index contributed by atoms with van der Waals surface area (Å²) in [6.45, 7) is 0. The lowest BCUT2D eigenvalue weighted by Crippen LogP contribution is -2.71. The number of nitrogens with zero attached hydrogens (tertiary/aromatic N) is 4. The van der Waals surface area contributed by atoms with E-state index in [1.807, 2.05) is 0 Å². The molecule has 0 aromatic carbocycles. The fourth-order valence-corrected chi connectivity index (χ4v) is 5.62. The van der Waals surface area contributed by atoms with Crippen molar-refractivity contribution in [3.05, 3.63) is 28.8 Å². The third-order valence-electron chi connectivity index (χ3n) is 8.25. The van der Waals surface area contributed by atoms with Crippen LogP contribution in [0.15, 0.2) is 23.3 Å². The van der Waals surface area contributed by atoms with Crippen LogP contribution in [0.25, 0.3) is 22.3 Å². The van der Waals surface area contributed by atoms with Crippen LogP contribution >= 0.6 is 0 Å². The Morgan fingerprint density at radius 1 is 1.16 bits per heavy atom. The van der Waals surface area contributed by atoms with Crippen LogP contribution in [0.2, 0.25) is 0 Å². The standard InChI is InChI=1S/C22H20B4F3N7O2/c23-21(24,11-1-2-12(11)27)36-15-7-13(30-8-10(15)17(37)34-36)16-14(9-31-33-16)32-18(38)35-19(3-4-19)5-6-20(28,29)22(35,25)26/h7-9,11-12H,1-6H2,(H,31,33)(H,32,38)(H,34,37). The Kier molecular flexibility index (Phi) is 5.30. The average molecular weight is 515 g/mol. The predicted octanol–water partition coefficient (Wildman–Crippen LogP) is 1.60. The number of likely N-dealkylation sites (tertiary alicyclic amines) is 1. The van der Waals surface area contributed by atoms with E-state index >= 15 is 0 Å². The maximum atomic E-state index is 14.6. The van der Waals surface area contributed by atoms with Gasteiger partial charge in [-0.1, -0.05) is 0 Å². The van der Waals surface area contributed by atoms with Gasteiger partial charge in [-0.15, -0.1) is 0 Å². The Bertz CT molecular complexity index is 1500. The summed E-state index contributed by atoms with van der Waals surface area (Å²) < 4.78 is 44.6. The lowest BCUT2D eigenvalue weighted by Gasteiger charge is -2.53. The Morgan fingerprint density at radius 3 is 2.50 bits per heavy atom. The Balaban J connectivity index is 1.35. The highest BCUT2D eigenvalue weighted by atomic mass is 19.3. The van der Waals surface area contributed by atoms with Crippen LogP contribution < -0.4 is 10.9 Å². The Labute approximate surface area is 220 Å². The van der Waals surface area contributed by atoms with Crippen molar-refractivity contribution in [3.8, 4) is 11.4 Å². The predicted molar refractivity (Wildman–Crippen MR) is 136 cm³/mol. The maximum absolute atomic E-state index is 14.6. The molecule has 3 aromatic heterocycles. The van der Waals surface area contributed by atoms with Crippen LogP contribution in [0.5, 0.6) is 0 Å². The van der Waals surface area contributed by atoms with Crippen molar-refractivity contribution < 1.29 is 18.0 Å². The number of hydrogen-bond donors (Lipinski definition) is 3. The number of nitrogens with one attached hydrogen (secondary N) is 3. The molecule has 4 heterocycles. The minimum absolute atomic E-state index is 0.0751. The van der Waals surface area contributed by atoms with Gasteiger partial charge in [0.05, 0.1) is 59.9 Å². The van der Waals surface area contributed by atoms with E-state index in [0.717, 1.165) is 4.90 Å². The molecule has 6 rings (SSSR count). The first-order chi connectivity index (χ1) is 17.8. The molecule has 8 radical (unpaired) electrons. The summed E-state index contributed by atoms with van der Waals surface area (Å²) >= 11 is 0. The van der Waals surface area contributed by atoms with Crippen LogP contribution in [-0.2, 0) is 5.34 Å². The first-order valence-corrected chi connectivity index (χ1v) is 12.2. The van der Waals surface area contributed by atoms with Crippen LogP contribution in [0.3, 0.4) is 0 Å². The number of rotatable bonds is 4. The molecular formula is C22H20B4F3N7O2. The van der Waals surface area contributed by atoms with Crippen LogP contribution in [0.1, 0.15) is 38.5 Å². The maximum Gasteiger partial charge on any atom is 0.321 e. The lowest BCUT2D eigenvalue weighted by molar-refractivity contribution is -0.107. The van der Waals surface area contributed by atoms with Crippen molar-refractivity contribution in [1.29, 1.82) is 0 Å². The average Bonchev–Trinajstić information content (AvgIpc) is 3.30. The number of alkyl halides is 3. The third kappa shape index (κ3) is 3.51. The van der Waals surface area contributed by atoms with Gasteiger partial charge in [0.15, 0.2) is 0 Å². The van der Waals surface area contributed by atoms with Crippen molar-refractivity contribution >= 4 is 54.0 Å². The number of anilines is 1. The zero-order valence-corrected chi connectivity index (χ0v) is 20.2. The molecule has 2 saturated carbocycles. The van der Waals surface area contributed by atoms with Gasteiger partial charge < -0.3 is 10.2 Å². The first kappa shape index (κ1) is 25.2. The monoisotopic (exact) mass is 515 g/mol. The Hall–Kier alpha value is -3.05. The molecule has 9 nitrogen and oxygen atoms in total. The topological polar surface area (TPSA) is 112 Å². The van der Waals surface area contributed by atoms with Gasteiger partial charge in [-0.05, 0) is 49.4 Å². The van der Waals surface area contributed by atoms with Crippen LogP contribution in [0.4, 0.5) is 23.7 Å². The molecule has 3 fully saturated rings. The molecule has 16 heteroatoms. The molecular weight excluding hydrogens is 495 g/mol. The van der Waals surface area contributed by atoms with Gasteiger partial charge in [-0.2, -0.15) is 5.10 Å². The molecule has 2 unspecified atom stereocenters. The number of aromatic nitrogens is 5. The van der Waals surface area contributed by atoms with Crippen molar-refractivity contribution in [2.75, 3.05) is 5.32 Å². The van der Waals surface area contributed by atoms with E-state index in [0.29, 0.717) is 25.7 Å². The largest absolute Gasteiger partial charge is 0.325 e. The van der Waals surface area contributed by atoms with Crippen molar-refractivity contribution in [3.63, 3.8) is 0 Å². The molecule has 3 aromatic rings. The first-order valence-electron chi connectivity index (χ1n) is 12.2. The number of pyridine rings is 1. The second-order valence-electron chi connectivity index (χ2n) is 10.6. The smallest absolute Gasteiger partial charge is 0.321 e. The molecule has 3 N–H and O–H groups in total. The number of aromatic amines is 2. The highest BCUT2D eigenvalue weighted by Crippen LogP contribution is 2.56. The van der Waals surface area contributed by atoms with E-state index < -0.39 is 52.2 Å². The summed E-state index contributed by atoms with van der Waals surface area (Å²) in [4.78, 5) is 30.9. The minimum atomic E-state index is -3.49. The minimum Gasteiger partial charge on any atom is -0.325 e. The van der Waals surface area contributed by atoms with Gasteiger partial charge in [0.2, 0.25) is 0 Å². The Morgan fingerprint density at radius 2 is 1.87 bits per heavy atom. The molecule has 3 aliphatic rings. The summed E-state index contributed by atoms with van der Waals surface area (Å²) in [5, 5.41) is 7.55. The van der Waals surface area contributed by atoms with Crippen LogP contribution in [-0.4, -0.2) is 90.2 Å². The van der Waals surface area contributed by atoms with Crippen molar-refractivity contribution in [2.45, 2.75) is 66.8 Å². The normalized spacial score (nSPS) is 25.3. The summed E-state index contributed by atoms with van der Waals surface area (Å²) in [7, 11) is 24.2. The van der Waals surface area contributed by atoms with E-state index in [1.165, 1.54) is 23.1 Å². The number of fused-ring (bicyclic) bond motifs is 1. The quantitative estimate of drug-likeness (QED) is 0.459. The molecule has 38 heavy (non-hydrogen) atoms. The van der Waals surface area contributed by atoms with E-state index in [2.05, 4.69) is 25.6 Å². The van der Waals surface area contributed by atoms with Gasteiger partial charge in [-0.3, -0.25) is 24.7 Å². The van der Waals surface area contributed by atoms with E-state index in [-0.39, 0.29) is 34.4 Å². The van der Waals surface area contributed by atoms with E-state index in [4.69, 9.17) is 31.4 Å². The van der Waals surface area contributed by atoms with Gasteiger partial charge in [-0.25, -0.2) is 18.0 Å². The molecule has 0 bridgehead atoms. The third-order valence-corrected chi connectivity index (χ3v) is 8.25. The van der Waals surface area contributed by atoms with E-state index in [9.17, 15) is 22.8 Å². The SMILES string of the molecule is [B]C([B])(C1CCC1F)n1[nH]c(=O)c2cnc(-c3[nH]ncc3NC(=O)N3C4(CC4)CCC(F)(F)C3([B])[B])cc21. The summed E-state index contributed by atoms with van der Waals surface area (Å²) in [5.74, 6) is -4.20.